The number of aliphatic hydroxyl groups excluding tert-OH is 1. The number of amides is 2. The Kier molecular flexibility index (Phi) is 8.69. The minimum atomic E-state index is -1.07. The molecular weight excluding hydrogens is 452 g/mol. The lowest BCUT2D eigenvalue weighted by Crippen LogP contribution is -2.45. The van der Waals surface area contributed by atoms with Crippen molar-refractivity contribution in [1.82, 2.24) is 16.1 Å². The fourth-order valence-corrected chi connectivity index (χ4v) is 3.55. The van der Waals surface area contributed by atoms with E-state index < -0.39 is 24.3 Å². The van der Waals surface area contributed by atoms with Crippen LogP contribution in [0.2, 0.25) is 0 Å². The number of carbonyl (C=O) groups excluding carboxylic acids is 2. The Morgan fingerprint density at radius 1 is 1.20 bits per heavy atom. The number of ether oxygens (including phenoxy) is 3. The van der Waals surface area contributed by atoms with Crippen LogP contribution in [0.1, 0.15) is 36.6 Å². The molecule has 1 heterocycles. The minimum Gasteiger partial charge on any atom is -0.490 e. The molecule has 2 aromatic carbocycles. The number of methoxy groups -OCH3 is 1. The van der Waals surface area contributed by atoms with Gasteiger partial charge in [0.2, 0.25) is 0 Å². The van der Waals surface area contributed by atoms with Crippen LogP contribution in [0.25, 0.3) is 0 Å². The van der Waals surface area contributed by atoms with Crippen LogP contribution in [0.15, 0.2) is 58.8 Å². The van der Waals surface area contributed by atoms with Crippen LogP contribution >= 0.6 is 0 Å². The number of aliphatic hydroxyl groups is 1. The second-order valence-corrected chi connectivity index (χ2v) is 7.77. The van der Waals surface area contributed by atoms with E-state index in [1.807, 2.05) is 38.1 Å². The number of hydrogen-bond acceptors (Lipinski definition) is 8. The minimum absolute atomic E-state index is 0.0962. The maximum absolute atomic E-state index is 12.3. The molecule has 10 heteroatoms. The van der Waals surface area contributed by atoms with Crippen LogP contribution in [0, 0.1) is 6.92 Å². The molecule has 2 amide bonds. The van der Waals surface area contributed by atoms with Crippen molar-refractivity contribution in [1.29, 1.82) is 0 Å². The lowest BCUT2D eigenvalue weighted by molar-refractivity contribution is -0.136. The Bertz CT molecular complexity index is 1130. The molecule has 0 saturated carbocycles. The molecule has 35 heavy (non-hydrogen) atoms. The van der Waals surface area contributed by atoms with Gasteiger partial charge >= 0.3 is 12.0 Å². The number of allylic oxidation sites excluding steroid dienone is 1. The molecule has 0 fully saturated rings. The van der Waals surface area contributed by atoms with E-state index in [1.165, 1.54) is 7.11 Å². The summed E-state index contributed by atoms with van der Waals surface area (Å²) < 4.78 is 16.3. The third kappa shape index (κ3) is 6.51. The lowest BCUT2D eigenvalue weighted by Gasteiger charge is -2.28. The van der Waals surface area contributed by atoms with Crippen LogP contribution in [0.4, 0.5) is 4.79 Å². The van der Waals surface area contributed by atoms with Crippen LogP contribution in [-0.4, -0.2) is 49.9 Å². The van der Waals surface area contributed by atoms with Crippen molar-refractivity contribution in [2.45, 2.75) is 33.0 Å². The van der Waals surface area contributed by atoms with Gasteiger partial charge in [-0.2, -0.15) is 5.10 Å². The third-order valence-electron chi connectivity index (χ3n) is 5.29. The van der Waals surface area contributed by atoms with Crippen molar-refractivity contribution in [3.8, 4) is 11.5 Å². The summed E-state index contributed by atoms with van der Waals surface area (Å²) in [5.41, 5.74) is 5.92. The first-order chi connectivity index (χ1) is 16.8. The zero-order chi connectivity index (χ0) is 25.4. The summed E-state index contributed by atoms with van der Waals surface area (Å²) >= 11 is 0. The van der Waals surface area contributed by atoms with Gasteiger partial charge in [0.25, 0.3) is 0 Å². The molecule has 186 valence electrons. The maximum Gasteiger partial charge on any atom is 0.337 e. The van der Waals surface area contributed by atoms with E-state index >= 15 is 0 Å². The number of carbonyl (C=O) groups is 2. The number of hydrazone groups is 1. The molecule has 0 spiro atoms. The van der Waals surface area contributed by atoms with E-state index in [4.69, 9.17) is 14.2 Å². The fraction of sp³-hybridized carbons (Fsp3) is 0.320. The number of esters is 1. The standard InChI is InChI=1S/C25H30N4O6/c1-5-34-20-12-17(23-22(24(31)33-4)16(3)27-25(32)28-23)10-11-19(20)35-14-21(30)29-26-13-18-9-7-6-8-15(18)2/h6-13,21,23,29-30H,5,14H2,1-4H3,(H2,27,28,32)/b26-13-/t21-,23-/m1/s1. The first-order valence-electron chi connectivity index (χ1n) is 11.1. The van der Waals surface area contributed by atoms with Crippen molar-refractivity contribution < 1.29 is 28.9 Å². The molecule has 0 aliphatic carbocycles. The normalized spacial score (nSPS) is 16.4. The fourth-order valence-electron chi connectivity index (χ4n) is 3.55. The average molecular weight is 483 g/mol. The zero-order valence-corrected chi connectivity index (χ0v) is 20.1. The average Bonchev–Trinajstić information content (AvgIpc) is 2.83. The van der Waals surface area contributed by atoms with Gasteiger partial charge in [-0.15, -0.1) is 0 Å². The Morgan fingerprint density at radius 3 is 2.69 bits per heavy atom. The Labute approximate surface area is 204 Å². The highest BCUT2D eigenvalue weighted by atomic mass is 16.5. The first kappa shape index (κ1) is 25.6. The highest BCUT2D eigenvalue weighted by Gasteiger charge is 2.32. The molecule has 2 aromatic rings. The lowest BCUT2D eigenvalue weighted by atomic mass is 9.95. The van der Waals surface area contributed by atoms with Gasteiger partial charge in [-0.3, -0.25) is 5.43 Å². The van der Waals surface area contributed by atoms with Gasteiger partial charge in [0.1, 0.15) is 6.61 Å². The quantitative estimate of drug-likeness (QED) is 0.177. The highest BCUT2D eigenvalue weighted by molar-refractivity contribution is 5.95. The second kappa shape index (κ2) is 11.9. The van der Waals surface area contributed by atoms with E-state index in [0.29, 0.717) is 29.4 Å². The number of nitrogens with one attached hydrogen (secondary N) is 3. The topological polar surface area (TPSA) is 131 Å². The van der Waals surface area contributed by atoms with Gasteiger partial charge in [-0.1, -0.05) is 30.3 Å². The highest BCUT2D eigenvalue weighted by Crippen LogP contribution is 2.34. The summed E-state index contributed by atoms with van der Waals surface area (Å²) in [5.74, 6) is 0.230. The number of urea groups is 1. The van der Waals surface area contributed by atoms with Crippen molar-refractivity contribution in [3.63, 3.8) is 0 Å². The summed E-state index contributed by atoms with van der Waals surface area (Å²) in [6.07, 6.45) is 0.561. The third-order valence-corrected chi connectivity index (χ3v) is 5.29. The molecule has 0 bridgehead atoms. The van der Waals surface area contributed by atoms with Crippen molar-refractivity contribution in [2.75, 3.05) is 20.3 Å². The Morgan fingerprint density at radius 2 is 1.97 bits per heavy atom. The molecular formula is C25H30N4O6. The number of benzene rings is 2. The summed E-state index contributed by atoms with van der Waals surface area (Å²) in [4.78, 5) is 24.4. The van der Waals surface area contributed by atoms with E-state index in [-0.39, 0.29) is 12.2 Å². The molecule has 1 aliphatic heterocycles. The van der Waals surface area contributed by atoms with Gasteiger partial charge in [-0.05, 0) is 49.6 Å². The van der Waals surface area contributed by atoms with Crippen LogP contribution in [-0.2, 0) is 9.53 Å². The molecule has 0 unspecified atom stereocenters. The van der Waals surface area contributed by atoms with E-state index in [2.05, 4.69) is 21.2 Å². The molecule has 1 aliphatic rings. The van der Waals surface area contributed by atoms with Crippen molar-refractivity contribution >= 4 is 18.2 Å². The maximum atomic E-state index is 12.3. The van der Waals surface area contributed by atoms with Gasteiger partial charge in [0.15, 0.2) is 17.7 Å². The number of aryl methyl sites for hydroxylation is 1. The number of rotatable bonds is 10. The summed E-state index contributed by atoms with van der Waals surface area (Å²) in [7, 11) is 1.28. The van der Waals surface area contributed by atoms with Gasteiger partial charge in [0.05, 0.1) is 31.5 Å². The van der Waals surface area contributed by atoms with Crippen LogP contribution in [0.3, 0.4) is 0 Å². The van der Waals surface area contributed by atoms with Gasteiger partial charge in [0, 0.05) is 5.70 Å². The molecule has 0 radical (unpaired) electrons. The van der Waals surface area contributed by atoms with Crippen molar-refractivity contribution in [2.24, 2.45) is 5.10 Å². The molecule has 10 nitrogen and oxygen atoms in total. The molecule has 4 N–H and O–H groups in total. The van der Waals surface area contributed by atoms with Crippen LogP contribution < -0.4 is 25.5 Å². The van der Waals surface area contributed by atoms with E-state index in [1.54, 1.807) is 31.3 Å². The molecule has 0 aromatic heterocycles. The van der Waals surface area contributed by atoms with E-state index in [0.717, 1.165) is 11.1 Å². The SMILES string of the molecule is CCOc1cc([C@H]2NC(=O)NC(C)=C2C(=O)OC)ccc1OC[C@@H](O)N/N=C\c1ccccc1C. The Balaban J connectivity index is 1.72. The second-order valence-electron chi connectivity index (χ2n) is 7.77. The zero-order valence-electron chi connectivity index (χ0n) is 20.1. The Hall–Kier alpha value is -4.05. The molecule has 2 atom stereocenters. The molecule has 0 saturated heterocycles. The first-order valence-corrected chi connectivity index (χ1v) is 11.1. The van der Waals surface area contributed by atoms with Crippen LogP contribution in [0.5, 0.6) is 11.5 Å². The summed E-state index contributed by atoms with van der Waals surface area (Å²) in [6.45, 7) is 5.69. The molecule has 3 rings (SSSR count). The summed E-state index contributed by atoms with van der Waals surface area (Å²) in [6, 6.07) is 11.6. The number of nitrogens with zero attached hydrogens (tertiary/aromatic N) is 1. The number of hydrogen-bond donors (Lipinski definition) is 4. The monoisotopic (exact) mass is 482 g/mol. The largest absolute Gasteiger partial charge is 0.490 e. The summed E-state index contributed by atoms with van der Waals surface area (Å²) in [5, 5.41) is 19.6. The van der Waals surface area contributed by atoms with E-state index in [9.17, 15) is 14.7 Å². The van der Waals surface area contributed by atoms with Gasteiger partial charge < -0.3 is 30.0 Å². The van der Waals surface area contributed by atoms with Crippen molar-refractivity contribution in [3.05, 3.63) is 70.4 Å². The predicted molar refractivity (Wildman–Crippen MR) is 130 cm³/mol. The smallest absolute Gasteiger partial charge is 0.337 e. The predicted octanol–water partition coefficient (Wildman–Crippen LogP) is 2.52. The van der Waals surface area contributed by atoms with Gasteiger partial charge in [-0.25, -0.2) is 9.59 Å².